The van der Waals surface area contributed by atoms with E-state index in [2.05, 4.69) is 225 Å². The van der Waals surface area contributed by atoms with Crippen LogP contribution in [0.15, 0.2) is 250 Å². The van der Waals surface area contributed by atoms with Crippen LogP contribution in [-0.2, 0) is 0 Å². The van der Waals surface area contributed by atoms with Crippen LogP contribution in [0.4, 0.5) is 34.1 Å². The van der Waals surface area contributed by atoms with Gasteiger partial charge in [-0.25, -0.2) is 0 Å². The molecule has 14 rings (SSSR count). The van der Waals surface area contributed by atoms with E-state index in [-0.39, 0.29) is 5.78 Å². The molecule has 5 nitrogen and oxygen atoms in total. The first kappa shape index (κ1) is 39.0. The predicted octanol–water partition coefficient (Wildman–Crippen LogP) is 17.0. The van der Waals surface area contributed by atoms with E-state index < -0.39 is 0 Å². The van der Waals surface area contributed by atoms with Gasteiger partial charge in [-0.2, -0.15) is 0 Å². The fourth-order valence-electron chi connectivity index (χ4n) is 10.4. The third-order valence-corrected chi connectivity index (χ3v) is 15.7. The first-order chi connectivity index (χ1) is 33.6. The molecule has 0 spiro atoms. The summed E-state index contributed by atoms with van der Waals surface area (Å²) in [4.78, 5) is 23.9. The Morgan fingerprint density at radius 1 is 0.294 bits per heavy atom. The van der Waals surface area contributed by atoms with Gasteiger partial charge in [0.25, 0.3) is 0 Å². The second-order valence-corrected chi connectivity index (χ2v) is 19.4. The van der Waals surface area contributed by atoms with Crippen molar-refractivity contribution in [1.29, 1.82) is 0 Å². The van der Waals surface area contributed by atoms with Crippen molar-refractivity contribution in [3.05, 3.63) is 242 Å². The summed E-state index contributed by atoms with van der Waals surface area (Å²) in [6.45, 7) is 0. The molecule has 2 aliphatic rings. The van der Waals surface area contributed by atoms with E-state index in [4.69, 9.17) is 0 Å². The summed E-state index contributed by atoms with van der Waals surface area (Å²) >= 11 is 3.64. The highest BCUT2D eigenvalue weighted by atomic mass is 32.2. The second kappa shape index (κ2) is 15.4. The quantitative estimate of drug-likeness (QED) is 0.155. The molecule has 0 radical (unpaired) electrons. The lowest BCUT2D eigenvalue weighted by molar-refractivity contribution is 0.103. The molecule has 0 saturated carbocycles. The lowest BCUT2D eigenvalue weighted by atomic mass is 10.0. The van der Waals surface area contributed by atoms with E-state index in [1.165, 1.54) is 63.9 Å². The van der Waals surface area contributed by atoms with Crippen LogP contribution in [0.2, 0.25) is 0 Å². The molecular weight excluding hydrogens is 869 g/mol. The van der Waals surface area contributed by atoms with Crippen molar-refractivity contribution in [3.63, 3.8) is 0 Å². The Kier molecular flexibility index (Phi) is 8.84. The average molecular weight is 907 g/mol. The van der Waals surface area contributed by atoms with E-state index >= 15 is 0 Å². The van der Waals surface area contributed by atoms with Crippen molar-refractivity contribution in [1.82, 2.24) is 9.13 Å². The highest BCUT2D eigenvalue weighted by Crippen LogP contribution is 2.53. The normalized spacial score (nSPS) is 12.9. The van der Waals surface area contributed by atoms with Gasteiger partial charge in [-0.15, -0.1) is 0 Å². The van der Waals surface area contributed by atoms with Crippen molar-refractivity contribution < 1.29 is 4.79 Å². The SMILES string of the molecule is O=C(c1ccc(-n2c3ccccc3c3cc(N4c5ccccc5Sc5ccccc54)ccc32)cc1)c1ccc(-n2c3ccccc3c3cc(N4c5ccccc5Sc5ccccc54)ccc32)cc1. The number of fused-ring (bicyclic) bond motifs is 10. The van der Waals surface area contributed by atoms with Gasteiger partial charge in [0.2, 0.25) is 0 Å². The Labute approximate surface area is 401 Å². The average Bonchev–Trinajstić information content (AvgIpc) is 3.91. The lowest BCUT2D eigenvalue weighted by Crippen LogP contribution is -2.14. The molecule has 10 aromatic carbocycles. The molecule has 0 fully saturated rings. The van der Waals surface area contributed by atoms with E-state index in [1.54, 1.807) is 0 Å². The largest absolute Gasteiger partial charge is 0.309 e. The smallest absolute Gasteiger partial charge is 0.193 e. The number of ketones is 1. The fraction of sp³-hybridized carbons (Fsp3) is 0. The van der Waals surface area contributed by atoms with Gasteiger partial charge in [0, 0.05) is 75.0 Å². The zero-order chi connectivity index (χ0) is 44.9. The minimum absolute atomic E-state index is 0.0117. The van der Waals surface area contributed by atoms with Crippen LogP contribution >= 0.6 is 23.5 Å². The predicted molar refractivity (Wildman–Crippen MR) is 283 cm³/mol. The van der Waals surface area contributed by atoms with Crippen LogP contribution in [0.5, 0.6) is 0 Å². The summed E-state index contributed by atoms with van der Waals surface area (Å²) < 4.78 is 4.62. The zero-order valence-corrected chi connectivity index (χ0v) is 38.1. The Balaban J connectivity index is 0.787. The first-order valence-electron chi connectivity index (χ1n) is 22.8. The maximum Gasteiger partial charge on any atom is 0.193 e. The van der Waals surface area contributed by atoms with Crippen LogP contribution in [0.25, 0.3) is 55.0 Å². The van der Waals surface area contributed by atoms with Gasteiger partial charge in [0.1, 0.15) is 0 Å². The molecule has 0 amide bonds. The van der Waals surface area contributed by atoms with Crippen LogP contribution in [0.1, 0.15) is 15.9 Å². The zero-order valence-electron chi connectivity index (χ0n) is 36.5. The Morgan fingerprint density at radius 3 is 0.985 bits per heavy atom. The molecule has 68 heavy (non-hydrogen) atoms. The number of anilines is 6. The number of hydrogen-bond acceptors (Lipinski definition) is 5. The second-order valence-electron chi connectivity index (χ2n) is 17.3. The number of aromatic nitrogens is 2. The maximum atomic E-state index is 14.2. The molecule has 0 aliphatic carbocycles. The van der Waals surface area contributed by atoms with Gasteiger partial charge in [0.05, 0.1) is 44.8 Å². The highest BCUT2D eigenvalue weighted by molar-refractivity contribution is 8.00. The molecule has 320 valence electrons. The topological polar surface area (TPSA) is 33.4 Å². The maximum absolute atomic E-state index is 14.2. The van der Waals surface area contributed by atoms with Crippen molar-refractivity contribution in [2.24, 2.45) is 0 Å². The molecule has 0 saturated heterocycles. The van der Waals surface area contributed by atoms with Crippen molar-refractivity contribution in [3.8, 4) is 11.4 Å². The van der Waals surface area contributed by atoms with Crippen LogP contribution in [0, 0.1) is 0 Å². The van der Waals surface area contributed by atoms with Crippen molar-refractivity contribution in [2.75, 3.05) is 9.80 Å². The summed E-state index contributed by atoms with van der Waals surface area (Å²) in [5.41, 5.74) is 14.7. The number of rotatable bonds is 6. The van der Waals surface area contributed by atoms with E-state index in [1.807, 2.05) is 47.8 Å². The highest BCUT2D eigenvalue weighted by Gasteiger charge is 2.27. The number of hydrogen-bond donors (Lipinski definition) is 0. The molecule has 2 aliphatic heterocycles. The Morgan fingerprint density at radius 2 is 0.603 bits per heavy atom. The van der Waals surface area contributed by atoms with E-state index in [0.717, 1.165) is 44.8 Å². The summed E-state index contributed by atoms with van der Waals surface area (Å²) in [5, 5.41) is 4.71. The molecule has 2 aromatic heterocycles. The number of carbonyl (C=O) groups excluding carboxylic acids is 1. The Hall–Kier alpha value is -8.23. The molecule has 0 bridgehead atoms. The summed E-state index contributed by atoms with van der Waals surface area (Å²) in [5.74, 6) is -0.0117. The molecule has 7 heteroatoms. The molecule has 0 atom stereocenters. The van der Waals surface area contributed by atoms with E-state index in [0.29, 0.717) is 11.1 Å². The van der Waals surface area contributed by atoms with Gasteiger partial charge < -0.3 is 18.9 Å². The standard InChI is InChI=1S/C61H38N4OS2/c66-61(39-25-29-41(30-26-39)62-49-15-3-1-13-45(49)47-37-43(33-35-51(47)62)64-53-17-5-9-21-57(53)67-58-22-10-6-18-54(58)64)40-27-31-42(32-28-40)63-50-16-4-2-14-46(50)48-38-44(34-36-52(48)63)65-55-19-7-11-23-59(55)68-60-24-12-8-20-56(60)65/h1-38H. The minimum atomic E-state index is -0.0117. The summed E-state index contributed by atoms with van der Waals surface area (Å²) in [6, 6.07) is 81.4. The number of benzene rings is 10. The first-order valence-corrected chi connectivity index (χ1v) is 24.4. The Bertz CT molecular complexity index is 3670. The minimum Gasteiger partial charge on any atom is -0.309 e. The van der Waals surface area contributed by atoms with E-state index in [9.17, 15) is 4.79 Å². The lowest BCUT2D eigenvalue weighted by Gasteiger charge is -2.32. The van der Waals surface area contributed by atoms with Crippen LogP contribution < -0.4 is 9.80 Å². The molecule has 0 N–H and O–H groups in total. The molecular formula is C61H38N4OS2. The van der Waals surface area contributed by atoms with Crippen molar-refractivity contribution >= 4 is 107 Å². The molecule has 12 aromatic rings. The van der Waals surface area contributed by atoms with Gasteiger partial charge in [-0.1, -0.05) is 108 Å². The van der Waals surface area contributed by atoms with Crippen LogP contribution in [-0.4, -0.2) is 14.9 Å². The number of nitrogens with zero attached hydrogens (tertiary/aromatic N) is 4. The monoisotopic (exact) mass is 906 g/mol. The summed E-state index contributed by atoms with van der Waals surface area (Å²) in [6.07, 6.45) is 0. The van der Waals surface area contributed by atoms with Crippen molar-refractivity contribution in [2.45, 2.75) is 19.6 Å². The van der Waals surface area contributed by atoms with Gasteiger partial charge in [-0.05, 0) is 146 Å². The van der Waals surface area contributed by atoms with Gasteiger partial charge in [-0.3, -0.25) is 4.79 Å². The third-order valence-electron chi connectivity index (χ3n) is 13.5. The van der Waals surface area contributed by atoms with Gasteiger partial charge in [0.15, 0.2) is 5.78 Å². The third kappa shape index (κ3) is 6.03. The molecule has 4 heterocycles. The summed E-state index contributed by atoms with van der Waals surface area (Å²) in [7, 11) is 0. The number of carbonyl (C=O) groups is 1. The number of para-hydroxylation sites is 6. The fourth-order valence-corrected chi connectivity index (χ4v) is 12.5. The van der Waals surface area contributed by atoms with Crippen LogP contribution in [0.3, 0.4) is 0 Å². The molecule has 0 unspecified atom stereocenters. The van der Waals surface area contributed by atoms with Gasteiger partial charge >= 0.3 is 0 Å².